The number of rotatable bonds is 13. The number of hydrogen-bond acceptors (Lipinski definition) is 20. The number of hydrogen-bond donors (Lipinski definition) is 9. The molecule has 2 aromatic carbocycles. The van der Waals surface area contributed by atoms with Gasteiger partial charge in [0.05, 0.1) is 21.2 Å². The van der Waals surface area contributed by atoms with E-state index in [4.69, 9.17) is 23.2 Å². The van der Waals surface area contributed by atoms with Gasteiger partial charge in [0, 0.05) is 39.3 Å². The zero-order chi connectivity index (χ0) is 40.7. The van der Waals surface area contributed by atoms with Gasteiger partial charge >= 0.3 is 0 Å². The Morgan fingerprint density at radius 1 is 0.600 bits per heavy atom. The molecule has 0 amide bonds. The van der Waals surface area contributed by atoms with E-state index in [2.05, 4.69) is 50.8 Å². The third kappa shape index (κ3) is 10.7. The Hall–Kier alpha value is -3.84. The van der Waals surface area contributed by atoms with Crippen LogP contribution in [0.1, 0.15) is 11.1 Å². The second-order valence-corrected chi connectivity index (χ2v) is 18.0. The largest absolute Gasteiger partial charge is 0.353 e. The van der Waals surface area contributed by atoms with Gasteiger partial charge in [-0.3, -0.25) is 18.6 Å². The maximum atomic E-state index is 12.1. The molecule has 1 saturated heterocycles. The Kier molecular flexibility index (Phi) is 12.3. The molecular formula is C26H31Cl2N11O12S4. The van der Waals surface area contributed by atoms with E-state index >= 15 is 0 Å². The van der Waals surface area contributed by atoms with Crippen molar-refractivity contribution >= 4 is 99.6 Å². The summed E-state index contributed by atoms with van der Waals surface area (Å²) in [6.45, 7) is 5.27. The number of piperazine rings is 1. The SMILES string of the molecule is Cc1cc(Nc2nc(Cl)nc(NCCN3CCN(c4nc(Cl)nc(Nc5cc(C)c(S(=O)(=O)O)cc5S(=O)(=O)O)n4)CC3)n2)c(S(=O)(=O)O)cc1S(O)(O)O. The first-order chi connectivity index (χ1) is 25.4. The predicted molar refractivity (Wildman–Crippen MR) is 199 cm³/mol. The molecule has 0 unspecified atom stereocenters. The Labute approximate surface area is 325 Å². The van der Waals surface area contributed by atoms with Gasteiger partial charge in [0.1, 0.15) is 20.7 Å². The van der Waals surface area contributed by atoms with Crippen LogP contribution in [0.5, 0.6) is 0 Å². The van der Waals surface area contributed by atoms with Gasteiger partial charge in [-0.05, 0) is 72.4 Å². The average Bonchev–Trinajstić information content (AvgIpc) is 3.02. The fourth-order valence-corrected chi connectivity index (χ4v) is 8.57. The topological polar surface area (TPSA) is 344 Å². The molecular weight excluding hydrogens is 858 g/mol. The standard InChI is InChI=1S/C26H31Cl2N11O12S4/c1-13-9-15(19(54(46,47)48)11-17(13)52(40,41)42)30-24-33-21(27)32-23(36-24)29-3-4-38-5-7-39(8-6-38)26-35-22(28)34-25(37-26)31-16-10-14(2)18(53(43,44)45)12-20(16)55(49,50)51/h9-12,40-42H,3-8H2,1-2H3,(H,43,44,45)(H,46,47,48)(H,49,50,51)(H,31,34,35,37)(H2,29,30,32,33,36). The Balaban J connectivity index is 1.22. The molecule has 0 radical (unpaired) electrons. The maximum Gasteiger partial charge on any atom is 0.296 e. The smallest absolute Gasteiger partial charge is 0.296 e. The van der Waals surface area contributed by atoms with Crippen molar-refractivity contribution < 1.29 is 52.6 Å². The van der Waals surface area contributed by atoms with E-state index in [-0.39, 0.29) is 56.9 Å². The summed E-state index contributed by atoms with van der Waals surface area (Å²) < 4.78 is 130. The van der Waals surface area contributed by atoms with Crippen molar-refractivity contribution in [2.45, 2.75) is 33.4 Å². The van der Waals surface area contributed by atoms with E-state index in [1.54, 1.807) is 4.90 Å². The van der Waals surface area contributed by atoms with Crippen molar-refractivity contribution in [2.75, 3.05) is 60.1 Å². The lowest BCUT2D eigenvalue weighted by molar-refractivity contribution is 0.266. The summed E-state index contributed by atoms with van der Waals surface area (Å²) in [6, 6.07) is 3.49. The molecule has 1 aliphatic heterocycles. The van der Waals surface area contributed by atoms with E-state index in [0.717, 1.165) is 12.1 Å². The van der Waals surface area contributed by atoms with Gasteiger partial charge in [-0.25, -0.2) is 0 Å². The normalized spacial score (nSPS) is 14.8. The second kappa shape index (κ2) is 16.0. The molecule has 1 fully saturated rings. The minimum Gasteiger partial charge on any atom is -0.353 e. The molecule has 55 heavy (non-hydrogen) atoms. The molecule has 4 aromatic rings. The minimum absolute atomic E-state index is 0.00671. The highest BCUT2D eigenvalue weighted by atomic mass is 35.5. The van der Waals surface area contributed by atoms with Gasteiger partial charge in [-0.1, -0.05) is 0 Å². The number of anilines is 6. The van der Waals surface area contributed by atoms with Crippen molar-refractivity contribution in [3.05, 3.63) is 46.0 Å². The average molecular weight is 889 g/mol. The van der Waals surface area contributed by atoms with Crippen LogP contribution in [0.2, 0.25) is 10.6 Å². The summed E-state index contributed by atoms with van der Waals surface area (Å²) in [4.78, 5) is 25.4. The Morgan fingerprint density at radius 3 is 1.56 bits per heavy atom. The molecule has 2 aromatic heterocycles. The van der Waals surface area contributed by atoms with Crippen LogP contribution in [0.4, 0.5) is 35.2 Å². The second-order valence-electron chi connectivity index (χ2n) is 11.7. The molecule has 23 nitrogen and oxygen atoms in total. The van der Waals surface area contributed by atoms with Crippen LogP contribution in [0.25, 0.3) is 0 Å². The number of nitrogens with one attached hydrogen (secondary N) is 3. The molecule has 1 aliphatic rings. The van der Waals surface area contributed by atoms with Crippen LogP contribution >= 0.6 is 34.1 Å². The summed E-state index contributed by atoms with van der Waals surface area (Å²) in [6.07, 6.45) is 0. The van der Waals surface area contributed by atoms with Crippen LogP contribution < -0.4 is 20.9 Å². The van der Waals surface area contributed by atoms with Crippen LogP contribution in [-0.2, 0) is 30.4 Å². The molecule has 0 spiro atoms. The highest BCUT2D eigenvalue weighted by Gasteiger charge is 2.27. The van der Waals surface area contributed by atoms with Crippen LogP contribution in [-0.4, -0.2) is 127 Å². The first-order valence-corrected chi connectivity index (χ1v) is 21.8. The van der Waals surface area contributed by atoms with E-state index in [1.165, 1.54) is 13.8 Å². The zero-order valence-corrected chi connectivity index (χ0v) is 32.9. The van der Waals surface area contributed by atoms with Crippen molar-refractivity contribution in [2.24, 2.45) is 0 Å². The summed E-state index contributed by atoms with van der Waals surface area (Å²) in [5.74, 6) is -0.313. The summed E-state index contributed by atoms with van der Waals surface area (Å²) in [5, 5.41) is 7.67. The quantitative estimate of drug-likeness (QED) is 0.0871. The summed E-state index contributed by atoms with van der Waals surface area (Å²) in [7, 11) is -19.1. The van der Waals surface area contributed by atoms with E-state index in [1.807, 2.05) is 0 Å². The van der Waals surface area contributed by atoms with Gasteiger partial charge in [0.2, 0.25) is 34.4 Å². The zero-order valence-electron chi connectivity index (χ0n) is 28.2. The molecule has 300 valence electrons. The fourth-order valence-electron chi connectivity index (χ4n) is 5.29. The first-order valence-electron chi connectivity index (χ1n) is 15.2. The fraction of sp³-hybridized carbons (Fsp3) is 0.308. The van der Waals surface area contributed by atoms with Crippen LogP contribution in [0.15, 0.2) is 43.8 Å². The third-order valence-corrected chi connectivity index (χ3v) is 11.9. The van der Waals surface area contributed by atoms with Gasteiger partial charge in [-0.2, -0.15) is 55.2 Å². The molecule has 5 rings (SSSR count). The van der Waals surface area contributed by atoms with E-state index in [9.17, 15) is 52.6 Å². The lowest BCUT2D eigenvalue weighted by Crippen LogP contribution is -2.48. The molecule has 0 aliphatic carbocycles. The number of aromatic nitrogens is 6. The van der Waals surface area contributed by atoms with Crippen LogP contribution in [0, 0.1) is 13.8 Å². The van der Waals surface area contributed by atoms with Crippen molar-refractivity contribution in [1.29, 1.82) is 0 Å². The van der Waals surface area contributed by atoms with E-state index in [0.29, 0.717) is 51.4 Å². The first kappa shape index (κ1) is 42.3. The highest BCUT2D eigenvalue weighted by Crippen LogP contribution is 2.47. The summed E-state index contributed by atoms with van der Waals surface area (Å²) in [5.41, 5.74) is -0.522. The molecule has 3 heterocycles. The number of halogens is 2. The van der Waals surface area contributed by atoms with Gasteiger partial charge in [-0.15, -0.1) is 0 Å². The monoisotopic (exact) mass is 887 g/mol. The molecule has 0 saturated carbocycles. The lowest BCUT2D eigenvalue weighted by Gasteiger charge is -2.34. The lowest BCUT2D eigenvalue weighted by atomic mass is 10.2. The maximum absolute atomic E-state index is 12.1. The summed E-state index contributed by atoms with van der Waals surface area (Å²) >= 11 is 12.2. The Bertz CT molecular complexity index is 2470. The number of aryl methyl sites for hydroxylation is 2. The molecule has 29 heteroatoms. The van der Waals surface area contributed by atoms with Crippen molar-refractivity contribution in [1.82, 2.24) is 34.8 Å². The van der Waals surface area contributed by atoms with Gasteiger partial charge in [0.25, 0.3) is 30.4 Å². The molecule has 0 bridgehead atoms. The minimum atomic E-state index is -4.99. The van der Waals surface area contributed by atoms with Gasteiger partial charge in [0.15, 0.2) is 0 Å². The Morgan fingerprint density at radius 2 is 1.05 bits per heavy atom. The molecule has 9 N–H and O–H groups in total. The van der Waals surface area contributed by atoms with Crippen molar-refractivity contribution in [3.8, 4) is 0 Å². The van der Waals surface area contributed by atoms with Crippen LogP contribution in [0.3, 0.4) is 0 Å². The number of benzene rings is 2. The molecule has 0 atom stereocenters. The van der Waals surface area contributed by atoms with Gasteiger partial charge < -0.3 is 34.5 Å². The predicted octanol–water partition coefficient (Wildman–Crippen LogP) is 3.02. The highest BCUT2D eigenvalue weighted by molar-refractivity contribution is 8.19. The number of nitrogens with zero attached hydrogens (tertiary/aromatic N) is 8. The van der Waals surface area contributed by atoms with E-state index < -0.39 is 60.8 Å². The third-order valence-electron chi connectivity index (χ3n) is 7.75. The van der Waals surface area contributed by atoms with Crippen molar-refractivity contribution in [3.63, 3.8) is 0 Å².